The number of nitrogens with zero attached hydrogens (tertiary/aromatic N) is 1. The van der Waals surface area contributed by atoms with Gasteiger partial charge in [0.1, 0.15) is 6.29 Å². The van der Waals surface area contributed by atoms with Crippen LogP contribution in [0.3, 0.4) is 0 Å². The van der Waals surface area contributed by atoms with Crippen molar-refractivity contribution in [1.29, 1.82) is 0 Å². The fraction of sp³-hybridized carbons (Fsp3) is 0.917. The van der Waals surface area contributed by atoms with Crippen LogP contribution in [0, 0.1) is 5.41 Å². The minimum Gasteiger partial charge on any atom is -0.303 e. The number of aldehydes is 1. The van der Waals surface area contributed by atoms with Gasteiger partial charge >= 0.3 is 0 Å². The van der Waals surface area contributed by atoms with Crippen LogP contribution in [0.15, 0.2) is 0 Å². The molecule has 17 heavy (non-hydrogen) atoms. The van der Waals surface area contributed by atoms with Crippen LogP contribution in [-0.2, 0) is 14.6 Å². The Bertz CT molecular complexity index is 360. The van der Waals surface area contributed by atoms with Gasteiger partial charge in [0.05, 0.1) is 11.5 Å². The molecule has 1 saturated heterocycles. The maximum atomic E-state index is 11.5. The standard InChI is InChI=1S/C12H23NO3S/c1-4-12(5-2,10-14)9-13-6-7-17(15,16)8-11(13)3/h10-11H,4-9H2,1-3H3. The average molecular weight is 261 g/mol. The highest BCUT2D eigenvalue weighted by Gasteiger charge is 2.34. The van der Waals surface area contributed by atoms with Crippen molar-refractivity contribution in [3.8, 4) is 0 Å². The lowest BCUT2D eigenvalue weighted by molar-refractivity contribution is -0.118. The van der Waals surface area contributed by atoms with Gasteiger partial charge < -0.3 is 4.79 Å². The first-order valence-corrected chi connectivity index (χ1v) is 8.11. The van der Waals surface area contributed by atoms with Crippen molar-refractivity contribution < 1.29 is 13.2 Å². The topological polar surface area (TPSA) is 54.5 Å². The third-order valence-electron chi connectivity index (χ3n) is 3.98. The van der Waals surface area contributed by atoms with E-state index in [9.17, 15) is 13.2 Å². The molecule has 0 aromatic carbocycles. The molecule has 1 aliphatic rings. The molecule has 0 radical (unpaired) electrons. The molecular weight excluding hydrogens is 238 g/mol. The summed E-state index contributed by atoms with van der Waals surface area (Å²) in [5, 5.41) is 0. The summed E-state index contributed by atoms with van der Waals surface area (Å²) in [4.78, 5) is 13.4. The number of rotatable bonds is 5. The second-order valence-corrected chi connectivity index (χ2v) is 7.35. The summed E-state index contributed by atoms with van der Waals surface area (Å²) in [5.41, 5.74) is -0.310. The van der Waals surface area contributed by atoms with Crippen LogP contribution in [-0.4, -0.2) is 50.2 Å². The first-order valence-electron chi connectivity index (χ1n) is 6.29. The monoisotopic (exact) mass is 261 g/mol. The molecule has 0 aliphatic carbocycles. The number of hydrogen-bond acceptors (Lipinski definition) is 4. The number of carbonyl (C=O) groups excluding carboxylic acids is 1. The van der Waals surface area contributed by atoms with Crippen molar-refractivity contribution >= 4 is 16.1 Å². The Morgan fingerprint density at radius 3 is 2.35 bits per heavy atom. The Morgan fingerprint density at radius 1 is 1.35 bits per heavy atom. The van der Waals surface area contributed by atoms with Crippen molar-refractivity contribution in [2.24, 2.45) is 5.41 Å². The van der Waals surface area contributed by atoms with E-state index in [0.29, 0.717) is 13.1 Å². The SMILES string of the molecule is CCC(C=O)(CC)CN1CCS(=O)(=O)CC1C. The molecule has 1 unspecified atom stereocenters. The predicted molar refractivity (Wildman–Crippen MR) is 68.8 cm³/mol. The zero-order valence-corrected chi connectivity index (χ0v) is 11.8. The third kappa shape index (κ3) is 3.52. The van der Waals surface area contributed by atoms with E-state index in [-0.39, 0.29) is 23.0 Å². The molecule has 1 rings (SSSR count). The molecule has 1 aliphatic heterocycles. The summed E-state index contributed by atoms with van der Waals surface area (Å²) in [6, 6.07) is 0.0196. The number of carbonyl (C=O) groups is 1. The molecule has 0 bridgehead atoms. The molecule has 0 aromatic heterocycles. The normalized spacial score (nSPS) is 25.7. The van der Waals surface area contributed by atoms with Crippen LogP contribution < -0.4 is 0 Å². The Morgan fingerprint density at radius 2 is 1.94 bits per heavy atom. The largest absolute Gasteiger partial charge is 0.303 e. The average Bonchev–Trinajstić information content (AvgIpc) is 2.28. The first kappa shape index (κ1) is 14.6. The van der Waals surface area contributed by atoms with E-state index in [4.69, 9.17) is 0 Å². The minimum atomic E-state index is -2.87. The third-order valence-corrected chi connectivity index (χ3v) is 5.78. The summed E-state index contributed by atoms with van der Waals surface area (Å²) in [6.45, 7) is 7.20. The van der Waals surface area contributed by atoms with Gasteiger partial charge in [0.2, 0.25) is 0 Å². The van der Waals surface area contributed by atoms with E-state index in [1.54, 1.807) is 0 Å². The molecule has 0 spiro atoms. The van der Waals surface area contributed by atoms with Gasteiger partial charge in [0.15, 0.2) is 9.84 Å². The van der Waals surface area contributed by atoms with Gasteiger partial charge in [-0.25, -0.2) is 8.42 Å². The van der Waals surface area contributed by atoms with Crippen molar-refractivity contribution in [3.05, 3.63) is 0 Å². The molecule has 0 N–H and O–H groups in total. The van der Waals surface area contributed by atoms with E-state index >= 15 is 0 Å². The fourth-order valence-electron chi connectivity index (χ4n) is 2.35. The lowest BCUT2D eigenvalue weighted by Gasteiger charge is -2.39. The van der Waals surface area contributed by atoms with Gasteiger partial charge in [-0.2, -0.15) is 0 Å². The van der Waals surface area contributed by atoms with Gasteiger partial charge in [-0.1, -0.05) is 13.8 Å². The molecule has 5 heteroatoms. The Kier molecular flexibility index (Phi) is 4.72. The predicted octanol–water partition coefficient (Wildman–Crippen LogP) is 1.11. The maximum absolute atomic E-state index is 11.5. The van der Waals surface area contributed by atoms with Gasteiger partial charge in [-0.05, 0) is 19.8 Å². The van der Waals surface area contributed by atoms with Crippen LogP contribution in [0.5, 0.6) is 0 Å². The second-order valence-electron chi connectivity index (χ2n) is 5.12. The highest BCUT2D eigenvalue weighted by Crippen LogP contribution is 2.27. The smallest absolute Gasteiger partial charge is 0.153 e. The molecule has 0 amide bonds. The van der Waals surface area contributed by atoms with Crippen LogP contribution in [0.25, 0.3) is 0 Å². The quantitative estimate of drug-likeness (QED) is 0.696. The molecule has 100 valence electrons. The summed E-state index contributed by atoms with van der Waals surface area (Å²) in [7, 11) is -2.87. The molecule has 0 aromatic rings. The van der Waals surface area contributed by atoms with Crippen LogP contribution in [0.4, 0.5) is 0 Å². The van der Waals surface area contributed by atoms with E-state index < -0.39 is 9.84 Å². The minimum absolute atomic E-state index is 0.0196. The number of hydrogen-bond donors (Lipinski definition) is 0. The van der Waals surface area contributed by atoms with Gasteiger partial charge in [-0.15, -0.1) is 0 Å². The summed E-state index contributed by atoms with van der Waals surface area (Å²) in [5.74, 6) is 0.440. The lowest BCUT2D eigenvalue weighted by Crippen LogP contribution is -2.51. The van der Waals surface area contributed by atoms with E-state index in [1.807, 2.05) is 20.8 Å². The fourth-order valence-corrected chi connectivity index (χ4v) is 3.98. The Hall–Kier alpha value is -0.420. The van der Waals surface area contributed by atoms with Crippen LogP contribution >= 0.6 is 0 Å². The molecule has 1 atom stereocenters. The summed E-state index contributed by atoms with van der Waals surface area (Å²) in [6.07, 6.45) is 2.66. The van der Waals surface area contributed by atoms with Crippen LogP contribution in [0.1, 0.15) is 33.6 Å². The molecule has 4 nitrogen and oxygen atoms in total. The van der Waals surface area contributed by atoms with E-state index in [2.05, 4.69) is 4.90 Å². The van der Waals surface area contributed by atoms with E-state index in [0.717, 1.165) is 19.1 Å². The Balaban J connectivity index is 2.72. The van der Waals surface area contributed by atoms with Crippen molar-refractivity contribution in [2.75, 3.05) is 24.6 Å². The van der Waals surface area contributed by atoms with Crippen molar-refractivity contribution in [1.82, 2.24) is 4.90 Å². The summed E-state index contributed by atoms with van der Waals surface area (Å²) >= 11 is 0. The highest BCUT2D eigenvalue weighted by atomic mass is 32.2. The Labute approximate surface area is 104 Å². The summed E-state index contributed by atoms with van der Waals surface area (Å²) < 4.78 is 23.0. The number of sulfone groups is 1. The van der Waals surface area contributed by atoms with Crippen molar-refractivity contribution in [3.63, 3.8) is 0 Å². The zero-order chi connectivity index (χ0) is 13.1. The maximum Gasteiger partial charge on any atom is 0.153 e. The van der Waals surface area contributed by atoms with Gasteiger partial charge in [0, 0.05) is 24.5 Å². The van der Waals surface area contributed by atoms with Gasteiger partial charge in [-0.3, -0.25) is 4.90 Å². The first-order chi connectivity index (χ1) is 7.88. The molecular formula is C12H23NO3S. The lowest BCUT2D eigenvalue weighted by atomic mass is 9.83. The van der Waals surface area contributed by atoms with Crippen LogP contribution in [0.2, 0.25) is 0 Å². The van der Waals surface area contributed by atoms with E-state index in [1.165, 1.54) is 0 Å². The second kappa shape index (κ2) is 5.48. The molecule has 1 heterocycles. The van der Waals surface area contributed by atoms with Crippen molar-refractivity contribution in [2.45, 2.75) is 39.7 Å². The highest BCUT2D eigenvalue weighted by molar-refractivity contribution is 7.91. The molecule has 1 fully saturated rings. The zero-order valence-electron chi connectivity index (χ0n) is 11.0. The van der Waals surface area contributed by atoms with Gasteiger partial charge in [0.25, 0.3) is 0 Å². The molecule has 0 saturated carbocycles.